The topological polar surface area (TPSA) is 49.4 Å². The molecule has 0 unspecified atom stereocenters. The molecule has 0 spiro atoms. The molecule has 128 valence electrons. The molecule has 0 aliphatic carbocycles. The van der Waals surface area contributed by atoms with Crippen LogP contribution in [-0.4, -0.2) is 32.1 Å². The van der Waals surface area contributed by atoms with E-state index in [1.165, 1.54) is 41.4 Å². The lowest BCUT2D eigenvalue weighted by atomic mass is 9.80. The van der Waals surface area contributed by atoms with E-state index in [0.29, 0.717) is 19.1 Å². The Morgan fingerprint density at radius 1 is 1.26 bits per heavy atom. The fourth-order valence-electron chi connectivity index (χ4n) is 3.69. The third-order valence-electron chi connectivity index (χ3n) is 5.11. The number of rotatable bonds is 2. The SMILES string of the molecule is CC(C)(C)c1cc2c(c([C@@H]3CCCN3)c1)CCN(S(C)(=O)=O)C2. The first-order chi connectivity index (χ1) is 10.7. The number of hydrogen-bond donors (Lipinski definition) is 1. The lowest BCUT2D eigenvalue weighted by Gasteiger charge is -2.32. The van der Waals surface area contributed by atoms with E-state index in [1.807, 2.05) is 0 Å². The molecule has 0 amide bonds. The summed E-state index contributed by atoms with van der Waals surface area (Å²) in [7, 11) is -3.13. The summed E-state index contributed by atoms with van der Waals surface area (Å²) in [6.07, 6.45) is 4.52. The lowest BCUT2D eigenvalue weighted by molar-refractivity contribution is 0.391. The van der Waals surface area contributed by atoms with Crippen molar-refractivity contribution in [3.05, 3.63) is 34.4 Å². The minimum atomic E-state index is -3.13. The largest absolute Gasteiger partial charge is 0.310 e. The predicted molar refractivity (Wildman–Crippen MR) is 94.1 cm³/mol. The highest BCUT2D eigenvalue weighted by atomic mass is 32.2. The van der Waals surface area contributed by atoms with Gasteiger partial charge in [0.15, 0.2) is 0 Å². The van der Waals surface area contributed by atoms with Crippen LogP contribution in [-0.2, 0) is 28.4 Å². The second-order valence-corrected chi connectivity index (χ2v) is 9.93. The summed E-state index contributed by atoms with van der Waals surface area (Å²) in [6, 6.07) is 5.01. The normalized spacial score (nSPS) is 23.0. The van der Waals surface area contributed by atoms with Crippen LogP contribution in [0.2, 0.25) is 0 Å². The van der Waals surface area contributed by atoms with Crippen LogP contribution in [0, 0.1) is 0 Å². The van der Waals surface area contributed by atoms with Crippen LogP contribution < -0.4 is 5.32 Å². The summed E-state index contributed by atoms with van der Waals surface area (Å²) in [4.78, 5) is 0. The molecule has 1 fully saturated rings. The summed E-state index contributed by atoms with van der Waals surface area (Å²) >= 11 is 0. The van der Waals surface area contributed by atoms with Crippen molar-refractivity contribution in [2.45, 2.75) is 58.0 Å². The van der Waals surface area contributed by atoms with Gasteiger partial charge in [0.25, 0.3) is 0 Å². The molecular formula is C18H28N2O2S. The Bertz CT molecular complexity index is 698. The van der Waals surface area contributed by atoms with Gasteiger partial charge in [-0.25, -0.2) is 8.42 Å². The van der Waals surface area contributed by atoms with Crippen molar-refractivity contribution in [3.63, 3.8) is 0 Å². The van der Waals surface area contributed by atoms with E-state index in [2.05, 4.69) is 38.2 Å². The minimum Gasteiger partial charge on any atom is -0.310 e. The highest BCUT2D eigenvalue weighted by molar-refractivity contribution is 7.88. The highest BCUT2D eigenvalue weighted by Crippen LogP contribution is 2.36. The summed E-state index contributed by atoms with van der Waals surface area (Å²) in [5, 5.41) is 3.61. The van der Waals surface area contributed by atoms with E-state index in [9.17, 15) is 8.42 Å². The maximum absolute atomic E-state index is 11.9. The van der Waals surface area contributed by atoms with Gasteiger partial charge in [0.2, 0.25) is 10.0 Å². The van der Waals surface area contributed by atoms with Gasteiger partial charge in [0.1, 0.15) is 0 Å². The first-order valence-electron chi connectivity index (χ1n) is 8.51. The van der Waals surface area contributed by atoms with E-state index < -0.39 is 10.0 Å². The molecule has 4 nitrogen and oxygen atoms in total. The van der Waals surface area contributed by atoms with Gasteiger partial charge < -0.3 is 5.32 Å². The van der Waals surface area contributed by atoms with Crippen molar-refractivity contribution >= 4 is 10.0 Å². The zero-order valence-corrected chi connectivity index (χ0v) is 15.5. The van der Waals surface area contributed by atoms with Crippen LogP contribution in [0.25, 0.3) is 0 Å². The maximum Gasteiger partial charge on any atom is 0.211 e. The third-order valence-corrected chi connectivity index (χ3v) is 6.36. The van der Waals surface area contributed by atoms with Crippen LogP contribution in [0.1, 0.15) is 61.9 Å². The van der Waals surface area contributed by atoms with Crippen LogP contribution in [0.3, 0.4) is 0 Å². The molecule has 5 heteroatoms. The monoisotopic (exact) mass is 336 g/mol. The van der Waals surface area contributed by atoms with E-state index in [1.54, 1.807) is 4.31 Å². The number of nitrogens with one attached hydrogen (secondary N) is 1. The van der Waals surface area contributed by atoms with E-state index in [4.69, 9.17) is 0 Å². The van der Waals surface area contributed by atoms with Crippen molar-refractivity contribution in [3.8, 4) is 0 Å². The average Bonchev–Trinajstić information content (AvgIpc) is 2.97. The standard InChI is InChI=1S/C18H28N2O2S/c1-18(2,3)14-10-13-12-20(23(4,21)22)9-7-15(13)16(11-14)17-6-5-8-19-17/h10-11,17,19H,5-9,12H2,1-4H3/t17-/m0/s1. The second-order valence-electron chi connectivity index (χ2n) is 7.95. The van der Waals surface area contributed by atoms with Crippen LogP contribution in [0.5, 0.6) is 0 Å². The van der Waals surface area contributed by atoms with Gasteiger partial charge in [-0.3, -0.25) is 0 Å². The Morgan fingerprint density at radius 2 is 2.00 bits per heavy atom. The molecule has 1 atom stereocenters. The zero-order valence-electron chi connectivity index (χ0n) is 14.6. The van der Waals surface area contributed by atoms with Gasteiger partial charge >= 0.3 is 0 Å². The zero-order chi connectivity index (χ0) is 16.8. The molecule has 1 saturated heterocycles. The molecule has 1 aromatic carbocycles. The van der Waals surface area contributed by atoms with Gasteiger partial charge in [-0.1, -0.05) is 32.9 Å². The molecule has 1 aromatic rings. The van der Waals surface area contributed by atoms with Crippen molar-refractivity contribution in [1.82, 2.24) is 9.62 Å². The van der Waals surface area contributed by atoms with Gasteiger partial charge in [-0.2, -0.15) is 4.31 Å². The molecule has 2 heterocycles. The summed E-state index contributed by atoms with van der Waals surface area (Å²) in [5.41, 5.74) is 5.33. The van der Waals surface area contributed by atoms with Crippen LogP contribution >= 0.6 is 0 Å². The summed E-state index contributed by atoms with van der Waals surface area (Å²) in [6.45, 7) is 8.85. The summed E-state index contributed by atoms with van der Waals surface area (Å²) < 4.78 is 25.5. The highest BCUT2D eigenvalue weighted by Gasteiger charge is 2.29. The molecule has 0 aromatic heterocycles. The molecule has 0 bridgehead atoms. The van der Waals surface area contributed by atoms with Gasteiger partial charge in [0, 0.05) is 19.1 Å². The molecule has 1 N–H and O–H groups in total. The minimum absolute atomic E-state index is 0.0652. The van der Waals surface area contributed by atoms with Crippen molar-refractivity contribution in [2.24, 2.45) is 0 Å². The first kappa shape index (κ1) is 16.9. The molecule has 3 rings (SSSR count). The fourth-order valence-corrected chi connectivity index (χ4v) is 4.48. The number of nitrogens with zero attached hydrogens (tertiary/aromatic N) is 1. The molecule has 2 aliphatic heterocycles. The molecule has 0 radical (unpaired) electrons. The first-order valence-corrected chi connectivity index (χ1v) is 10.4. The van der Waals surface area contributed by atoms with Crippen LogP contribution in [0.15, 0.2) is 12.1 Å². The maximum atomic E-state index is 11.9. The molecular weight excluding hydrogens is 308 g/mol. The number of benzene rings is 1. The van der Waals surface area contributed by atoms with Crippen molar-refractivity contribution < 1.29 is 8.42 Å². The Morgan fingerprint density at radius 3 is 2.57 bits per heavy atom. The lowest BCUT2D eigenvalue weighted by Crippen LogP contribution is -2.36. The second kappa shape index (κ2) is 5.87. The quantitative estimate of drug-likeness (QED) is 0.903. The van der Waals surface area contributed by atoms with E-state index in [-0.39, 0.29) is 5.41 Å². The number of hydrogen-bond acceptors (Lipinski definition) is 3. The fraction of sp³-hybridized carbons (Fsp3) is 0.667. The van der Waals surface area contributed by atoms with Crippen LogP contribution in [0.4, 0.5) is 0 Å². The Hall–Kier alpha value is -0.910. The van der Waals surface area contributed by atoms with Crippen molar-refractivity contribution in [2.75, 3.05) is 19.3 Å². The predicted octanol–water partition coefficient (Wildman–Crippen LogP) is 2.73. The van der Waals surface area contributed by atoms with Gasteiger partial charge in [-0.15, -0.1) is 0 Å². The number of fused-ring (bicyclic) bond motifs is 1. The van der Waals surface area contributed by atoms with E-state index >= 15 is 0 Å². The molecule has 23 heavy (non-hydrogen) atoms. The Balaban J connectivity index is 2.07. The van der Waals surface area contributed by atoms with E-state index in [0.717, 1.165) is 13.0 Å². The summed E-state index contributed by atoms with van der Waals surface area (Å²) in [5.74, 6) is 0. The number of sulfonamides is 1. The Labute approximate surface area is 140 Å². The Kier molecular flexibility index (Phi) is 4.32. The molecule has 2 aliphatic rings. The van der Waals surface area contributed by atoms with Crippen molar-refractivity contribution in [1.29, 1.82) is 0 Å². The smallest absolute Gasteiger partial charge is 0.211 e. The van der Waals surface area contributed by atoms with Gasteiger partial charge in [0.05, 0.1) is 6.26 Å². The third kappa shape index (κ3) is 3.47. The average molecular weight is 337 g/mol. The molecule has 0 saturated carbocycles. The van der Waals surface area contributed by atoms with Gasteiger partial charge in [-0.05, 0) is 53.5 Å².